The third-order valence-electron chi connectivity index (χ3n) is 0.825. The number of urea groups is 1. The van der Waals surface area contributed by atoms with Crippen molar-refractivity contribution in [3.8, 4) is 0 Å². The lowest BCUT2D eigenvalue weighted by Crippen LogP contribution is -2.51. The minimum atomic E-state index is -0.939. The molecule has 1 saturated heterocycles. The molecule has 0 aliphatic carbocycles. The summed E-state index contributed by atoms with van der Waals surface area (Å²) >= 11 is 4.57. The fourth-order valence-electron chi connectivity index (χ4n) is 0.509. The number of carbonyl (C=O) groups is 1. The largest absolute Gasteiger partial charge is 0.373 e. The van der Waals surface area contributed by atoms with Gasteiger partial charge < -0.3 is 15.7 Å². The van der Waals surface area contributed by atoms with Crippen LogP contribution in [0, 0.1) is 6.42 Å². The molecule has 4 nitrogen and oxygen atoms in total. The minimum Gasteiger partial charge on any atom is -0.373 e. The highest BCUT2D eigenvalue weighted by atomic mass is 32.1. The molecular formula is C4H5N2O2S. The Morgan fingerprint density at radius 3 is 2.89 bits per heavy atom. The Balaban J connectivity index is 2.53. The number of rotatable bonds is 0. The Morgan fingerprint density at radius 1 is 1.78 bits per heavy atom. The summed E-state index contributed by atoms with van der Waals surface area (Å²) in [5.74, 6) is 0. The zero-order valence-electron chi connectivity index (χ0n) is 4.42. The van der Waals surface area contributed by atoms with Crippen LogP contribution in [0.3, 0.4) is 0 Å². The highest BCUT2D eigenvalue weighted by Gasteiger charge is 2.18. The molecule has 0 aromatic rings. The number of hydrogen-bond acceptors (Lipinski definition) is 3. The van der Waals surface area contributed by atoms with E-state index in [0.29, 0.717) is 0 Å². The van der Waals surface area contributed by atoms with E-state index in [1.165, 1.54) is 6.42 Å². The van der Waals surface area contributed by atoms with E-state index in [0.717, 1.165) is 0 Å². The Bertz CT molecular complexity index is 143. The van der Waals surface area contributed by atoms with E-state index in [9.17, 15) is 4.79 Å². The molecule has 1 unspecified atom stereocenters. The van der Waals surface area contributed by atoms with E-state index >= 15 is 0 Å². The van der Waals surface area contributed by atoms with Crippen LogP contribution in [0.5, 0.6) is 0 Å². The molecule has 1 atom stereocenters. The summed E-state index contributed by atoms with van der Waals surface area (Å²) in [7, 11) is 0. The smallest absolute Gasteiger partial charge is 0.321 e. The number of nitrogens with one attached hydrogen (secondary N) is 2. The maximum absolute atomic E-state index is 10.4. The predicted octanol–water partition coefficient (Wildman–Crippen LogP) is -0.851. The molecule has 1 aliphatic heterocycles. The first-order chi connectivity index (χ1) is 4.18. The van der Waals surface area contributed by atoms with Crippen molar-refractivity contribution >= 4 is 23.2 Å². The summed E-state index contributed by atoms with van der Waals surface area (Å²) in [5, 5.41) is 13.2. The molecule has 49 valence electrons. The maximum Gasteiger partial charge on any atom is 0.321 e. The quantitative estimate of drug-likeness (QED) is 0.389. The Hall–Kier alpha value is -0.680. The molecule has 0 bridgehead atoms. The summed E-state index contributed by atoms with van der Waals surface area (Å²) in [5.41, 5.74) is 0. The molecule has 1 aliphatic rings. The summed E-state index contributed by atoms with van der Waals surface area (Å²) in [6.07, 6.45) is 0.391. The summed E-state index contributed by atoms with van der Waals surface area (Å²) in [4.78, 5) is 10.6. The van der Waals surface area contributed by atoms with Crippen LogP contribution in [-0.2, 0) is 0 Å². The van der Waals surface area contributed by atoms with Crippen molar-refractivity contribution < 1.29 is 9.90 Å². The van der Waals surface area contributed by atoms with Crippen molar-refractivity contribution in [3.05, 3.63) is 6.42 Å². The van der Waals surface area contributed by atoms with Gasteiger partial charge in [-0.2, -0.15) is 0 Å². The van der Waals surface area contributed by atoms with E-state index in [4.69, 9.17) is 5.11 Å². The van der Waals surface area contributed by atoms with Gasteiger partial charge in [0, 0.05) is 0 Å². The Kier molecular flexibility index (Phi) is 1.63. The van der Waals surface area contributed by atoms with Gasteiger partial charge in [-0.15, -0.1) is 0 Å². The van der Waals surface area contributed by atoms with Crippen molar-refractivity contribution in [2.75, 3.05) is 0 Å². The molecule has 2 amide bonds. The molecule has 0 aromatic carbocycles. The molecule has 1 radical (unpaired) electrons. The van der Waals surface area contributed by atoms with Crippen LogP contribution in [0.15, 0.2) is 0 Å². The van der Waals surface area contributed by atoms with Crippen molar-refractivity contribution in [3.63, 3.8) is 0 Å². The zero-order valence-corrected chi connectivity index (χ0v) is 5.23. The van der Waals surface area contributed by atoms with Crippen LogP contribution in [-0.4, -0.2) is 22.4 Å². The lowest BCUT2D eigenvalue weighted by molar-refractivity contribution is 0.168. The molecule has 1 fully saturated rings. The number of amides is 2. The molecule has 0 saturated carbocycles. The summed E-state index contributed by atoms with van der Waals surface area (Å²) in [6.45, 7) is 0. The topological polar surface area (TPSA) is 61.4 Å². The van der Waals surface area contributed by atoms with Crippen LogP contribution in [0.25, 0.3) is 0 Å². The molecule has 0 spiro atoms. The summed E-state index contributed by atoms with van der Waals surface area (Å²) in [6, 6.07) is -0.463. The second-order valence-corrected chi connectivity index (χ2v) is 2.01. The van der Waals surface area contributed by atoms with Crippen molar-refractivity contribution in [2.45, 2.75) is 6.23 Å². The molecule has 3 N–H and O–H groups in total. The molecular weight excluding hydrogens is 140 g/mol. The van der Waals surface area contributed by atoms with Crippen LogP contribution >= 0.6 is 12.2 Å². The average molecular weight is 145 g/mol. The van der Waals surface area contributed by atoms with Gasteiger partial charge in [-0.3, -0.25) is 0 Å². The van der Waals surface area contributed by atoms with Gasteiger partial charge in [-0.25, -0.2) is 4.79 Å². The lowest BCUT2D eigenvalue weighted by atomic mass is 10.3. The van der Waals surface area contributed by atoms with E-state index in [-0.39, 0.29) is 4.99 Å². The third-order valence-corrected chi connectivity index (χ3v) is 1.06. The molecule has 1 heterocycles. The van der Waals surface area contributed by atoms with Crippen LogP contribution in [0.4, 0.5) is 4.79 Å². The van der Waals surface area contributed by atoms with Crippen LogP contribution in [0.1, 0.15) is 0 Å². The minimum absolute atomic E-state index is 0.256. The normalized spacial score (nSPS) is 27.0. The van der Waals surface area contributed by atoms with Gasteiger partial charge in [0.1, 0.15) is 6.23 Å². The monoisotopic (exact) mass is 145 g/mol. The van der Waals surface area contributed by atoms with Gasteiger partial charge in [0.15, 0.2) is 0 Å². The maximum atomic E-state index is 10.4. The Morgan fingerprint density at radius 2 is 2.44 bits per heavy atom. The first-order valence-corrected chi connectivity index (χ1v) is 2.74. The Labute approximate surface area is 57.2 Å². The molecule has 9 heavy (non-hydrogen) atoms. The van der Waals surface area contributed by atoms with E-state index in [1.807, 2.05) is 0 Å². The standard InChI is InChI=1S/C4H5N2O2S/c7-2-1-3(9)6-4(8)5-2/h1-2,7H,(H2,5,6,8,9). The fourth-order valence-corrected chi connectivity index (χ4v) is 0.731. The molecule has 1 rings (SSSR count). The number of hydrogen-bond donors (Lipinski definition) is 3. The van der Waals surface area contributed by atoms with Crippen molar-refractivity contribution in [1.82, 2.24) is 10.6 Å². The van der Waals surface area contributed by atoms with Crippen molar-refractivity contribution in [2.24, 2.45) is 0 Å². The summed E-state index contributed by atoms with van der Waals surface area (Å²) < 4.78 is 0. The highest BCUT2D eigenvalue weighted by Crippen LogP contribution is 1.92. The number of thiocarbonyl (C=S) groups is 1. The van der Waals surface area contributed by atoms with Gasteiger partial charge in [-0.1, -0.05) is 12.2 Å². The second-order valence-electron chi connectivity index (χ2n) is 1.57. The van der Waals surface area contributed by atoms with Crippen LogP contribution in [0.2, 0.25) is 0 Å². The number of carbonyl (C=O) groups excluding carboxylic acids is 1. The third kappa shape index (κ3) is 1.62. The number of aliphatic hydroxyl groups excluding tert-OH is 1. The lowest BCUT2D eigenvalue weighted by Gasteiger charge is -2.19. The van der Waals surface area contributed by atoms with Gasteiger partial charge in [-0.05, 0) is 0 Å². The SMILES string of the molecule is O=C1NC(=S)[CH]C(O)N1. The van der Waals surface area contributed by atoms with E-state index < -0.39 is 12.3 Å². The second kappa shape index (κ2) is 2.28. The van der Waals surface area contributed by atoms with E-state index in [1.54, 1.807) is 0 Å². The predicted molar refractivity (Wildman–Crippen MR) is 34.6 cm³/mol. The van der Waals surface area contributed by atoms with Gasteiger partial charge in [0.05, 0.1) is 11.4 Å². The van der Waals surface area contributed by atoms with E-state index in [2.05, 4.69) is 22.9 Å². The van der Waals surface area contributed by atoms with Gasteiger partial charge in [0.2, 0.25) is 0 Å². The number of aliphatic hydroxyl groups is 1. The highest BCUT2D eigenvalue weighted by molar-refractivity contribution is 7.80. The average Bonchev–Trinajstić information content (AvgIpc) is 1.59. The first kappa shape index (κ1) is 6.44. The van der Waals surface area contributed by atoms with Crippen molar-refractivity contribution in [1.29, 1.82) is 0 Å². The van der Waals surface area contributed by atoms with Gasteiger partial charge in [0.25, 0.3) is 0 Å². The molecule has 5 heteroatoms. The fraction of sp³-hybridized carbons (Fsp3) is 0.250. The van der Waals surface area contributed by atoms with Gasteiger partial charge >= 0.3 is 6.03 Å². The van der Waals surface area contributed by atoms with Crippen LogP contribution < -0.4 is 10.6 Å². The zero-order chi connectivity index (χ0) is 6.85. The molecule has 0 aromatic heterocycles. The first-order valence-electron chi connectivity index (χ1n) is 2.33.